The molecule has 16 heavy (non-hydrogen) atoms. The van der Waals surface area contributed by atoms with E-state index >= 15 is 0 Å². The van der Waals surface area contributed by atoms with Gasteiger partial charge in [-0.05, 0) is 26.3 Å². The Kier molecular flexibility index (Phi) is 6.67. The van der Waals surface area contributed by atoms with E-state index in [0.29, 0.717) is 26.0 Å². The molecule has 4 N–H and O–H groups in total. The van der Waals surface area contributed by atoms with Crippen LogP contribution in [0.3, 0.4) is 0 Å². The first-order chi connectivity index (χ1) is 7.42. The van der Waals surface area contributed by atoms with Gasteiger partial charge in [-0.2, -0.15) is 0 Å². The third-order valence-electron chi connectivity index (χ3n) is 2.39. The fourth-order valence-electron chi connectivity index (χ4n) is 1.20. The summed E-state index contributed by atoms with van der Waals surface area (Å²) in [5.41, 5.74) is 3.96. The number of hydrogen-bond acceptors (Lipinski definition) is 4. The Bertz CT molecular complexity index is 245. The van der Waals surface area contributed by atoms with Gasteiger partial charge in [0.2, 0.25) is 5.91 Å². The minimum absolute atomic E-state index is 0.257. The van der Waals surface area contributed by atoms with Gasteiger partial charge in [0.1, 0.15) is 5.54 Å². The van der Waals surface area contributed by atoms with Gasteiger partial charge < -0.3 is 20.9 Å². The molecule has 0 aromatic heterocycles. The number of carboxylic acid groups (broad SMARTS) is 1. The maximum atomic E-state index is 11.0. The fraction of sp³-hybridized carbons (Fsp3) is 0.800. The van der Waals surface area contributed by atoms with Gasteiger partial charge in [0, 0.05) is 20.1 Å². The van der Waals surface area contributed by atoms with Crippen LogP contribution in [0.1, 0.15) is 26.2 Å². The van der Waals surface area contributed by atoms with Gasteiger partial charge in [-0.3, -0.25) is 9.59 Å². The smallest absolute Gasteiger partial charge is 0.323 e. The van der Waals surface area contributed by atoms with Crippen LogP contribution in [0, 0.1) is 0 Å². The molecule has 0 rings (SSSR count). The number of carboxylic acids is 1. The first kappa shape index (κ1) is 14.9. The SMILES string of the molecule is COCCC(C)(NCCCC(N)=O)C(=O)O. The Hall–Kier alpha value is -1.14. The minimum atomic E-state index is -1.02. The van der Waals surface area contributed by atoms with E-state index in [1.165, 1.54) is 7.11 Å². The second kappa shape index (κ2) is 7.19. The number of methoxy groups -OCH3 is 1. The van der Waals surface area contributed by atoms with Crippen molar-refractivity contribution in [3.8, 4) is 0 Å². The molecule has 0 aromatic rings. The van der Waals surface area contributed by atoms with Crippen LogP contribution in [0.15, 0.2) is 0 Å². The lowest BCUT2D eigenvalue weighted by atomic mass is 9.98. The van der Waals surface area contributed by atoms with E-state index in [4.69, 9.17) is 15.6 Å². The predicted molar refractivity (Wildman–Crippen MR) is 59.0 cm³/mol. The largest absolute Gasteiger partial charge is 0.480 e. The molecule has 0 aliphatic rings. The molecule has 94 valence electrons. The summed E-state index contributed by atoms with van der Waals surface area (Å²) in [6, 6.07) is 0. The van der Waals surface area contributed by atoms with Gasteiger partial charge in [0.15, 0.2) is 0 Å². The van der Waals surface area contributed by atoms with Gasteiger partial charge in [0.25, 0.3) is 0 Å². The first-order valence-corrected chi connectivity index (χ1v) is 5.18. The molecule has 6 nitrogen and oxygen atoms in total. The van der Waals surface area contributed by atoms with E-state index in [0.717, 1.165) is 0 Å². The van der Waals surface area contributed by atoms with Crippen molar-refractivity contribution in [1.82, 2.24) is 5.32 Å². The summed E-state index contributed by atoms with van der Waals surface area (Å²) in [5.74, 6) is -1.31. The summed E-state index contributed by atoms with van der Waals surface area (Å²) in [4.78, 5) is 21.5. The third-order valence-corrected chi connectivity index (χ3v) is 2.39. The molecule has 0 saturated carbocycles. The van der Waals surface area contributed by atoms with Gasteiger partial charge >= 0.3 is 5.97 Å². The second-order valence-corrected chi connectivity index (χ2v) is 3.88. The number of primary amides is 1. The normalized spacial score (nSPS) is 14.4. The van der Waals surface area contributed by atoms with Gasteiger partial charge in [-0.1, -0.05) is 0 Å². The highest BCUT2D eigenvalue weighted by molar-refractivity contribution is 5.78. The average Bonchev–Trinajstić information content (AvgIpc) is 2.21. The van der Waals surface area contributed by atoms with Crippen molar-refractivity contribution in [2.45, 2.75) is 31.7 Å². The molecule has 0 spiro atoms. The van der Waals surface area contributed by atoms with Crippen molar-refractivity contribution in [2.75, 3.05) is 20.3 Å². The Morgan fingerprint density at radius 3 is 2.56 bits per heavy atom. The predicted octanol–water partition coefficient (Wildman–Crippen LogP) is -0.279. The molecular weight excluding hydrogens is 212 g/mol. The molecule has 0 aromatic carbocycles. The molecule has 0 heterocycles. The lowest BCUT2D eigenvalue weighted by Crippen LogP contribution is -2.50. The summed E-state index contributed by atoms with van der Waals surface area (Å²) in [7, 11) is 1.52. The van der Waals surface area contributed by atoms with Crippen LogP contribution in [0.5, 0.6) is 0 Å². The number of aliphatic carboxylic acids is 1. The number of nitrogens with two attached hydrogens (primary N) is 1. The number of carbonyl (C=O) groups is 2. The lowest BCUT2D eigenvalue weighted by molar-refractivity contribution is -0.144. The molecule has 6 heteroatoms. The number of hydrogen-bond donors (Lipinski definition) is 3. The van der Waals surface area contributed by atoms with Crippen LogP contribution in [0.25, 0.3) is 0 Å². The van der Waals surface area contributed by atoms with Crippen LogP contribution in [-0.2, 0) is 14.3 Å². The maximum Gasteiger partial charge on any atom is 0.323 e. The van der Waals surface area contributed by atoms with Gasteiger partial charge in [0.05, 0.1) is 0 Å². The average molecular weight is 232 g/mol. The molecular formula is C10H20N2O4. The van der Waals surface area contributed by atoms with Crippen molar-refractivity contribution in [3.63, 3.8) is 0 Å². The van der Waals surface area contributed by atoms with Crippen molar-refractivity contribution in [3.05, 3.63) is 0 Å². The number of rotatable bonds is 9. The zero-order valence-electron chi connectivity index (χ0n) is 9.78. The Balaban J connectivity index is 4.02. The Morgan fingerprint density at radius 2 is 2.12 bits per heavy atom. The van der Waals surface area contributed by atoms with Crippen LogP contribution in [0.2, 0.25) is 0 Å². The highest BCUT2D eigenvalue weighted by Crippen LogP contribution is 2.10. The number of ether oxygens (including phenoxy) is 1. The lowest BCUT2D eigenvalue weighted by Gasteiger charge is -2.25. The first-order valence-electron chi connectivity index (χ1n) is 5.18. The molecule has 1 atom stereocenters. The van der Waals surface area contributed by atoms with Crippen molar-refractivity contribution < 1.29 is 19.4 Å². The molecule has 1 unspecified atom stereocenters. The molecule has 0 fully saturated rings. The van der Waals surface area contributed by atoms with E-state index in [1.807, 2.05) is 0 Å². The molecule has 0 bridgehead atoms. The van der Waals surface area contributed by atoms with E-state index in [1.54, 1.807) is 6.92 Å². The minimum Gasteiger partial charge on any atom is -0.480 e. The van der Waals surface area contributed by atoms with E-state index < -0.39 is 11.5 Å². The number of nitrogens with one attached hydrogen (secondary N) is 1. The number of carbonyl (C=O) groups excluding carboxylic acids is 1. The summed E-state index contributed by atoms with van der Waals surface area (Å²) < 4.78 is 4.85. The van der Waals surface area contributed by atoms with E-state index in [2.05, 4.69) is 5.32 Å². The van der Waals surface area contributed by atoms with Gasteiger partial charge in [-0.15, -0.1) is 0 Å². The van der Waals surface area contributed by atoms with E-state index in [-0.39, 0.29) is 12.3 Å². The molecule has 0 aliphatic heterocycles. The molecule has 1 amide bonds. The van der Waals surface area contributed by atoms with E-state index in [9.17, 15) is 9.59 Å². The summed E-state index contributed by atoms with van der Waals surface area (Å²) in [5, 5.41) is 12.0. The topological polar surface area (TPSA) is 102 Å². The van der Waals surface area contributed by atoms with Crippen LogP contribution >= 0.6 is 0 Å². The molecule has 0 aliphatic carbocycles. The fourth-order valence-corrected chi connectivity index (χ4v) is 1.20. The monoisotopic (exact) mass is 232 g/mol. The highest BCUT2D eigenvalue weighted by Gasteiger charge is 2.31. The van der Waals surface area contributed by atoms with Gasteiger partial charge in [-0.25, -0.2) is 0 Å². The molecule has 0 saturated heterocycles. The van der Waals surface area contributed by atoms with Crippen LogP contribution in [-0.4, -0.2) is 42.8 Å². The van der Waals surface area contributed by atoms with Crippen LogP contribution < -0.4 is 11.1 Å². The summed E-state index contributed by atoms with van der Waals surface area (Å²) in [6.07, 6.45) is 1.16. The Morgan fingerprint density at radius 1 is 1.50 bits per heavy atom. The van der Waals surface area contributed by atoms with Crippen molar-refractivity contribution >= 4 is 11.9 Å². The highest BCUT2D eigenvalue weighted by atomic mass is 16.5. The summed E-state index contributed by atoms with van der Waals surface area (Å²) >= 11 is 0. The van der Waals surface area contributed by atoms with Crippen molar-refractivity contribution in [2.24, 2.45) is 5.73 Å². The molecule has 0 radical (unpaired) electrons. The van der Waals surface area contributed by atoms with Crippen molar-refractivity contribution in [1.29, 1.82) is 0 Å². The quantitative estimate of drug-likeness (QED) is 0.475. The van der Waals surface area contributed by atoms with Crippen LogP contribution in [0.4, 0.5) is 0 Å². The standard InChI is InChI=1S/C10H20N2O4/c1-10(9(14)15,5-7-16-2)12-6-3-4-8(11)13/h12H,3-7H2,1-2H3,(H2,11,13)(H,14,15). The third kappa shape index (κ3) is 5.67. The maximum absolute atomic E-state index is 11.0. The summed E-state index contributed by atoms with van der Waals surface area (Å²) in [6.45, 7) is 2.40. The Labute approximate surface area is 95.1 Å². The zero-order chi connectivity index (χ0) is 12.6. The zero-order valence-corrected chi connectivity index (χ0v) is 9.78. The second-order valence-electron chi connectivity index (χ2n) is 3.88. The number of amides is 1.